The van der Waals surface area contributed by atoms with Crippen LogP contribution in [0.25, 0.3) is 16.9 Å². The van der Waals surface area contributed by atoms with Crippen LogP contribution in [0.1, 0.15) is 21.6 Å². The first-order chi connectivity index (χ1) is 17.3. The van der Waals surface area contributed by atoms with Gasteiger partial charge in [-0.15, -0.1) is 0 Å². The Hall–Kier alpha value is -3.83. The summed E-state index contributed by atoms with van der Waals surface area (Å²) in [5, 5.41) is 2.74. The summed E-state index contributed by atoms with van der Waals surface area (Å²) in [5.41, 5.74) is -0.360. The van der Waals surface area contributed by atoms with Crippen LogP contribution in [0, 0.1) is 5.82 Å². The van der Waals surface area contributed by atoms with Crippen LogP contribution in [0.4, 0.5) is 23.4 Å². The third-order valence-corrected chi connectivity index (χ3v) is 5.83. The molecule has 0 radical (unpaired) electrons. The quantitative estimate of drug-likeness (QED) is 0.405. The van der Waals surface area contributed by atoms with E-state index in [0.717, 1.165) is 30.9 Å². The normalized spacial score (nSPS) is 14.8. The van der Waals surface area contributed by atoms with Crippen molar-refractivity contribution in [2.75, 3.05) is 31.6 Å². The van der Waals surface area contributed by atoms with Gasteiger partial charge in [0, 0.05) is 37.6 Å². The van der Waals surface area contributed by atoms with Crippen LogP contribution >= 0.6 is 0 Å². The van der Waals surface area contributed by atoms with Gasteiger partial charge in [-0.3, -0.25) is 9.69 Å². The third-order valence-electron chi connectivity index (χ3n) is 5.83. The van der Waals surface area contributed by atoms with Crippen molar-refractivity contribution in [2.24, 2.45) is 0 Å². The molecule has 4 heterocycles. The molecule has 36 heavy (non-hydrogen) atoms. The summed E-state index contributed by atoms with van der Waals surface area (Å²) in [5.74, 6) is -1.17. The zero-order valence-corrected chi connectivity index (χ0v) is 18.9. The lowest BCUT2D eigenvalue weighted by Crippen LogP contribution is -2.35. The van der Waals surface area contributed by atoms with E-state index in [2.05, 4.69) is 20.2 Å². The number of imidazole rings is 1. The van der Waals surface area contributed by atoms with Crippen molar-refractivity contribution >= 4 is 17.4 Å². The number of pyridine rings is 2. The molecular weight excluding hydrogens is 478 g/mol. The van der Waals surface area contributed by atoms with Gasteiger partial charge < -0.3 is 14.5 Å². The molecule has 0 atom stereocenters. The molecule has 0 saturated carbocycles. The van der Waals surface area contributed by atoms with Crippen molar-refractivity contribution in [3.8, 4) is 11.3 Å². The second-order valence-corrected chi connectivity index (χ2v) is 8.32. The number of aromatic nitrogens is 3. The largest absolute Gasteiger partial charge is 0.417 e. The molecule has 5 rings (SSSR count). The molecule has 1 aromatic carbocycles. The second-order valence-electron chi connectivity index (χ2n) is 8.32. The lowest BCUT2D eigenvalue weighted by atomic mass is 10.0. The summed E-state index contributed by atoms with van der Waals surface area (Å²) < 4.78 is 60.9. The number of carbonyl (C=O) groups excluding carboxylic acids is 1. The summed E-state index contributed by atoms with van der Waals surface area (Å²) in [6.45, 7) is 3.54. The van der Waals surface area contributed by atoms with Gasteiger partial charge in [-0.1, -0.05) is 6.07 Å². The van der Waals surface area contributed by atoms with Crippen LogP contribution in [-0.2, 0) is 17.5 Å². The van der Waals surface area contributed by atoms with E-state index in [1.165, 1.54) is 16.7 Å². The molecule has 1 saturated heterocycles. The van der Waals surface area contributed by atoms with Crippen molar-refractivity contribution in [2.45, 2.75) is 12.7 Å². The number of anilines is 1. The van der Waals surface area contributed by atoms with Crippen molar-refractivity contribution < 1.29 is 27.1 Å². The van der Waals surface area contributed by atoms with E-state index in [4.69, 9.17) is 4.74 Å². The zero-order valence-electron chi connectivity index (χ0n) is 18.9. The smallest absolute Gasteiger partial charge is 0.379 e. The molecule has 7 nitrogen and oxygen atoms in total. The molecule has 0 spiro atoms. The van der Waals surface area contributed by atoms with E-state index in [-0.39, 0.29) is 22.5 Å². The number of rotatable bonds is 5. The number of alkyl halides is 3. The predicted molar refractivity (Wildman–Crippen MR) is 124 cm³/mol. The molecule has 11 heteroatoms. The minimum atomic E-state index is -4.77. The SMILES string of the molecule is O=C(Nc1cccc(CN2CCOCC2)n1)c1cccn2cc(-c3ccc(F)cc3C(F)(F)F)nc12. The minimum Gasteiger partial charge on any atom is -0.379 e. The highest BCUT2D eigenvalue weighted by Crippen LogP contribution is 2.37. The maximum atomic E-state index is 13.5. The fourth-order valence-electron chi connectivity index (χ4n) is 4.10. The Morgan fingerprint density at radius 1 is 1.06 bits per heavy atom. The number of amides is 1. The van der Waals surface area contributed by atoms with Crippen LogP contribution in [0.3, 0.4) is 0 Å². The molecular formula is C25H21F4N5O2. The Morgan fingerprint density at radius 3 is 2.64 bits per heavy atom. The van der Waals surface area contributed by atoms with Gasteiger partial charge in [0.25, 0.3) is 5.91 Å². The average Bonchev–Trinajstić information content (AvgIpc) is 3.28. The Morgan fingerprint density at radius 2 is 1.86 bits per heavy atom. The predicted octanol–water partition coefficient (Wildman–Crippen LogP) is 4.64. The highest BCUT2D eigenvalue weighted by atomic mass is 19.4. The Balaban J connectivity index is 1.42. The maximum Gasteiger partial charge on any atom is 0.417 e. The maximum absolute atomic E-state index is 13.5. The van der Waals surface area contributed by atoms with Crippen molar-refractivity contribution in [1.82, 2.24) is 19.3 Å². The van der Waals surface area contributed by atoms with Gasteiger partial charge in [0.2, 0.25) is 0 Å². The number of hydrogen-bond donors (Lipinski definition) is 1. The second kappa shape index (κ2) is 9.67. The van der Waals surface area contributed by atoms with E-state index in [9.17, 15) is 22.4 Å². The van der Waals surface area contributed by atoms with Gasteiger partial charge >= 0.3 is 6.18 Å². The molecule has 186 valence electrons. The first-order valence-electron chi connectivity index (χ1n) is 11.2. The summed E-state index contributed by atoms with van der Waals surface area (Å²) in [6.07, 6.45) is -1.83. The van der Waals surface area contributed by atoms with E-state index >= 15 is 0 Å². The number of morpholine rings is 1. The molecule has 0 bridgehead atoms. The molecule has 1 amide bonds. The van der Waals surface area contributed by atoms with Crippen molar-refractivity contribution in [3.05, 3.63) is 83.6 Å². The number of ether oxygens (including phenoxy) is 1. The first kappa shape index (κ1) is 23.9. The number of nitrogens with one attached hydrogen (secondary N) is 1. The van der Waals surface area contributed by atoms with Gasteiger partial charge in [-0.2, -0.15) is 13.2 Å². The monoisotopic (exact) mass is 499 g/mol. The summed E-state index contributed by atoms with van der Waals surface area (Å²) in [6, 6.07) is 10.8. The fraction of sp³-hybridized carbons (Fsp3) is 0.240. The number of carbonyl (C=O) groups is 1. The summed E-state index contributed by atoms with van der Waals surface area (Å²) in [4.78, 5) is 24.1. The van der Waals surface area contributed by atoms with Crippen LogP contribution in [0.15, 0.2) is 60.9 Å². The summed E-state index contributed by atoms with van der Waals surface area (Å²) in [7, 11) is 0. The van der Waals surface area contributed by atoms with Crippen molar-refractivity contribution in [1.29, 1.82) is 0 Å². The zero-order chi connectivity index (χ0) is 25.3. The molecule has 3 aromatic heterocycles. The van der Waals surface area contributed by atoms with Gasteiger partial charge in [0.1, 0.15) is 17.3 Å². The highest BCUT2D eigenvalue weighted by molar-refractivity contribution is 6.08. The van der Waals surface area contributed by atoms with Crippen LogP contribution < -0.4 is 5.32 Å². The molecule has 1 aliphatic heterocycles. The number of hydrogen-bond acceptors (Lipinski definition) is 5. The van der Waals surface area contributed by atoms with Gasteiger partial charge in [-0.05, 0) is 42.5 Å². The molecule has 0 aliphatic carbocycles. The van der Waals surface area contributed by atoms with Crippen LogP contribution in [-0.4, -0.2) is 51.5 Å². The molecule has 0 unspecified atom stereocenters. The molecule has 1 fully saturated rings. The molecule has 4 aromatic rings. The van der Waals surface area contributed by atoms with E-state index in [1.54, 1.807) is 24.4 Å². The van der Waals surface area contributed by atoms with Crippen LogP contribution in [0.2, 0.25) is 0 Å². The fourth-order valence-corrected chi connectivity index (χ4v) is 4.10. The topological polar surface area (TPSA) is 71.8 Å². The van der Waals surface area contributed by atoms with E-state index < -0.39 is 23.5 Å². The number of fused-ring (bicyclic) bond motifs is 1. The minimum absolute atomic E-state index is 0.0341. The number of halogens is 4. The Kier molecular flexibility index (Phi) is 6.42. The van der Waals surface area contributed by atoms with E-state index in [1.807, 2.05) is 6.07 Å². The molecule has 1 N–H and O–H groups in total. The van der Waals surface area contributed by atoms with E-state index in [0.29, 0.717) is 31.6 Å². The Labute approximate surface area is 203 Å². The standard InChI is InChI=1S/C25H21F4N5O2/c26-16-6-7-18(20(13-16)25(27,28)29)21-15-34-8-2-4-19(23(34)31-21)24(35)32-22-5-1-3-17(30-22)14-33-9-11-36-12-10-33/h1-8,13,15H,9-12,14H2,(H,30,32,35). The third kappa shape index (κ3) is 5.07. The van der Waals surface area contributed by atoms with Crippen LogP contribution in [0.5, 0.6) is 0 Å². The highest BCUT2D eigenvalue weighted by Gasteiger charge is 2.35. The van der Waals surface area contributed by atoms with Crippen molar-refractivity contribution in [3.63, 3.8) is 0 Å². The summed E-state index contributed by atoms with van der Waals surface area (Å²) >= 11 is 0. The van der Waals surface area contributed by atoms with Gasteiger partial charge in [-0.25, -0.2) is 14.4 Å². The lowest BCUT2D eigenvalue weighted by molar-refractivity contribution is -0.137. The van der Waals surface area contributed by atoms with Gasteiger partial charge in [0.05, 0.1) is 35.7 Å². The molecule has 1 aliphatic rings. The average molecular weight is 499 g/mol. The first-order valence-corrected chi connectivity index (χ1v) is 11.2. The van der Waals surface area contributed by atoms with Gasteiger partial charge in [0.15, 0.2) is 0 Å². The lowest BCUT2D eigenvalue weighted by Gasteiger charge is -2.26. The number of nitrogens with zero attached hydrogens (tertiary/aromatic N) is 4. The number of benzene rings is 1. The Bertz CT molecular complexity index is 1410.